The molecule has 12 heteroatoms. The molecule has 0 spiro atoms. The first-order chi connectivity index (χ1) is 19.9. The molecular formula is C29H32N10O2. The molecule has 4 aromatic rings. The fourth-order valence-electron chi connectivity index (χ4n) is 5.90. The minimum Gasteiger partial charge on any atom is -0.383 e. The van der Waals surface area contributed by atoms with Gasteiger partial charge in [-0.25, -0.2) is 19.6 Å². The van der Waals surface area contributed by atoms with E-state index in [0.29, 0.717) is 45.8 Å². The summed E-state index contributed by atoms with van der Waals surface area (Å²) in [7, 11) is 3.96. The number of nitrogens with one attached hydrogen (secondary N) is 1. The highest BCUT2D eigenvalue weighted by atomic mass is 16.2. The Hall–Kier alpha value is -4.71. The van der Waals surface area contributed by atoms with Crippen LogP contribution in [0.3, 0.4) is 0 Å². The van der Waals surface area contributed by atoms with Gasteiger partial charge in [-0.05, 0) is 50.9 Å². The number of carbonyl (C=O) groups is 2. The molecule has 41 heavy (non-hydrogen) atoms. The van der Waals surface area contributed by atoms with E-state index in [4.69, 9.17) is 10.8 Å². The van der Waals surface area contributed by atoms with E-state index in [1.807, 2.05) is 46.8 Å². The van der Waals surface area contributed by atoms with Crippen molar-refractivity contribution in [3.05, 3.63) is 66.9 Å². The summed E-state index contributed by atoms with van der Waals surface area (Å²) in [6.45, 7) is 2.26. The summed E-state index contributed by atoms with van der Waals surface area (Å²) >= 11 is 0. The standard InChI is InChI=1S/C29H32N10O2/c1-37(2)11-3-4-24(40)38-15-20-12-22(13-21(20)16-38)39-28-25(27(30)33-17-34-28)26(36-39)18-5-7-19(8-6-18)29(41)35-23-14-31-9-10-32-23/h3-10,14,17,20-22H,11-13,15-16H2,1-2H3,(H2,30,33,34)(H,32,35,41)/b4-3+. The van der Waals surface area contributed by atoms with Crippen molar-refractivity contribution in [2.45, 2.75) is 18.9 Å². The smallest absolute Gasteiger partial charge is 0.256 e. The Labute approximate surface area is 237 Å². The molecule has 0 bridgehead atoms. The van der Waals surface area contributed by atoms with E-state index in [-0.39, 0.29) is 17.9 Å². The van der Waals surface area contributed by atoms with Crippen molar-refractivity contribution in [2.24, 2.45) is 11.8 Å². The highest BCUT2D eigenvalue weighted by molar-refractivity contribution is 6.04. The highest BCUT2D eigenvalue weighted by Gasteiger charge is 2.43. The number of aromatic nitrogens is 6. The number of likely N-dealkylation sites (tertiary alicyclic amines) is 1. The van der Waals surface area contributed by atoms with Crippen LogP contribution in [0.2, 0.25) is 0 Å². The van der Waals surface area contributed by atoms with Gasteiger partial charge in [-0.15, -0.1) is 0 Å². The first-order valence-electron chi connectivity index (χ1n) is 13.6. The van der Waals surface area contributed by atoms with Crippen LogP contribution in [0.5, 0.6) is 0 Å². The van der Waals surface area contributed by atoms with Crippen LogP contribution in [0.4, 0.5) is 11.6 Å². The molecule has 210 valence electrons. The number of rotatable bonds is 7. The fraction of sp³-hybridized carbons (Fsp3) is 0.345. The maximum atomic E-state index is 12.7. The van der Waals surface area contributed by atoms with Gasteiger partial charge in [-0.1, -0.05) is 18.2 Å². The number of hydrogen-bond donors (Lipinski definition) is 2. The lowest BCUT2D eigenvalue weighted by Crippen LogP contribution is -2.28. The van der Waals surface area contributed by atoms with E-state index >= 15 is 0 Å². The van der Waals surface area contributed by atoms with Crippen LogP contribution in [0, 0.1) is 11.8 Å². The van der Waals surface area contributed by atoms with Crippen molar-refractivity contribution in [1.29, 1.82) is 0 Å². The Bertz CT molecular complexity index is 1590. The fourth-order valence-corrected chi connectivity index (χ4v) is 5.90. The van der Waals surface area contributed by atoms with Gasteiger partial charge in [0.15, 0.2) is 11.5 Å². The Morgan fingerprint density at radius 1 is 1.07 bits per heavy atom. The van der Waals surface area contributed by atoms with Gasteiger partial charge in [0.25, 0.3) is 5.91 Å². The lowest BCUT2D eigenvalue weighted by Gasteiger charge is -2.18. The summed E-state index contributed by atoms with van der Waals surface area (Å²) in [6.07, 6.45) is 11.5. The zero-order chi connectivity index (χ0) is 28.5. The number of carbonyl (C=O) groups excluding carboxylic acids is 2. The molecule has 2 fully saturated rings. The van der Waals surface area contributed by atoms with Crippen LogP contribution < -0.4 is 11.1 Å². The van der Waals surface area contributed by atoms with Crippen LogP contribution >= 0.6 is 0 Å². The number of anilines is 2. The van der Waals surface area contributed by atoms with E-state index in [9.17, 15) is 9.59 Å². The molecule has 1 aliphatic heterocycles. The molecule has 2 atom stereocenters. The molecule has 2 amide bonds. The number of nitrogen functional groups attached to an aromatic ring is 1. The Kier molecular flexibility index (Phi) is 7.14. The first-order valence-corrected chi connectivity index (χ1v) is 13.6. The van der Waals surface area contributed by atoms with Crippen LogP contribution in [0.25, 0.3) is 22.3 Å². The normalized spacial score (nSPS) is 20.3. The van der Waals surface area contributed by atoms with Gasteiger partial charge in [0.1, 0.15) is 17.8 Å². The van der Waals surface area contributed by atoms with Gasteiger partial charge in [-0.2, -0.15) is 5.10 Å². The van der Waals surface area contributed by atoms with E-state index in [0.717, 1.165) is 38.0 Å². The molecular weight excluding hydrogens is 520 g/mol. The summed E-state index contributed by atoms with van der Waals surface area (Å²) in [5, 5.41) is 8.44. The summed E-state index contributed by atoms with van der Waals surface area (Å²) in [5.41, 5.74) is 9.00. The molecule has 12 nitrogen and oxygen atoms in total. The molecule has 0 radical (unpaired) electrons. The van der Waals surface area contributed by atoms with Crippen LogP contribution in [0.1, 0.15) is 29.2 Å². The van der Waals surface area contributed by atoms with Crippen LogP contribution in [0.15, 0.2) is 61.3 Å². The highest BCUT2D eigenvalue weighted by Crippen LogP contribution is 2.45. The molecule has 1 saturated carbocycles. The molecule has 1 aromatic carbocycles. The lowest BCUT2D eigenvalue weighted by atomic mass is 10.0. The molecule has 4 heterocycles. The number of nitrogens with zero attached hydrogens (tertiary/aromatic N) is 8. The zero-order valence-corrected chi connectivity index (χ0v) is 23.0. The summed E-state index contributed by atoms with van der Waals surface area (Å²) < 4.78 is 1.98. The van der Waals surface area contributed by atoms with Crippen LogP contribution in [-0.2, 0) is 4.79 Å². The SMILES string of the molecule is CN(C)C/C=C/C(=O)N1CC2CC(n3nc(-c4ccc(C(=O)Nc5cnccn5)cc4)c4c(N)ncnc43)CC2C1. The number of likely N-dealkylation sites (N-methyl/N-ethyl adjacent to an activating group) is 1. The van der Waals surface area contributed by atoms with Crippen molar-refractivity contribution in [3.63, 3.8) is 0 Å². The van der Waals surface area contributed by atoms with Crippen molar-refractivity contribution < 1.29 is 9.59 Å². The Morgan fingerprint density at radius 2 is 1.83 bits per heavy atom. The first kappa shape index (κ1) is 26.5. The third-order valence-electron chi connectivity index (χ3n) is 7.86. The number of hydrogen-bond acceptors (Lipinski definition) is 9. The van der Waals surface area contributed by atoms with E-state index in [1.54, 1.807) is 24.4 Å². The number of nitrogens with two attached hydrogens (primary N) is 1. The van der Waals surface area contributed by atoms with E-state index in [1.165, 1.54) is 18.7 Å². The molecule has 3 N–H and O–H groups in total. The zero-order valence-electron chi connectivity index (χ0n) is 23.0. The average Bonchev–Trinajstić information content (AvgIpc) is 3.66. The van der Waals surface area contributed by atoms with Gasteiger partial charge in [-0.3, -0.25) is 14.6 Å². The van der Waals surface area contributed by atoms with Gasteiger partial charge in [0, 0.05) is 49.2 Å². The molecule has 1 saturated heterocycles. The molecule has 3 aromatic heterocycles. The predicted molar refractivity (Wildman–Crippen MR) is 155 cm³/mol. The second kappa shape index (κ2) is 11.0. The van der Waals surface area contributed by atoms with Gasteiger partial charge < -0.3 is 20.9 Å². The van der Waals surface area contributed by atoms with Gasteiger partial charge >= 0.3 is 0 Å². The van der Waals surface area contributed by atoms with Crippen molar-refractivity contribution >= 4 is 34.5 Å². The number of benzene rings is 1. The lowest BCUT2D eigenvalue weighted by molar-refractivity contribution is -0.125. The van der Waals surface area contributed by atoms with Gasteiger partial charge in [0.2, 0.25) is 5.91 Å². The van der Waals surface area contributed by atoms with Crippen LogP contribution in [-0.4, -0.2) is 85.1 Å². The Balaban J connectivity index is 1.20. The summed E-state index contributed by atoms with van der Waals surface area (Å²) in [6, 6.07) is 7.32. The largest absolute Gasteiger partial charge is 0.383 e. The summed E-state index contributed by atoms with van der Waals surface area (Å²) in [5.74, 6) is 1.37. The maximum Gasteiger partial charge on any atom is 0.256 e. The topological polar surface area (TPSA) is 148 Å². The van der Waals surface area contributed by atoms with Crippen molar-refractivity contribution in [1.82, 2.24) is 39.5 Å². The van der Waals surface area contributed by atoms with E-state index < -0.39 is 0 Å². The minimum absolute atomic E-state index is 0.0824. The molecule has 6 rings (SSSR count). The molecule has 2 aliphatic rings. The minimum atomic E-state index is -0.284. The quantitative estimate of drug-likeness (QED) is 0.330. The van der Waals surface area contributed by atoms with Gasteiger partial charge in [0.05, 0.1) is 17.6 Å². The molecule has 1 aliphatic carbocycles. The third kappa shape index (κ3) is 5.38. The summed E-state index contributed by atoms with van der Waals surface area (Å²) in [4.78, 5) is 46.2. The number of fused-ring (bicyclic) bond motifs is 2. The second-order valence-electron chi connectivity index (χ2n) is 10.9. The predicted octanol–water partition coefficient (Wildman–Crippen LogP) is 2.65. The van der Waals surface area contributed by atoms with Crippen molar-refractivity contribution in [3.8, 4) is 11.3 Å². The second-order valence-corrected chi connectivity index (χ2v) is 10.9. The third-order valence-corrected chi connectivity index (χ3v) is 7.86. The van der Waals surface area contributed by atoms with Crippen molar-refractivity contribution in [2.75, 3.05) is 44.8 Å². The van der Waals surface area contributed by atoms with E-state index in [2.05, 4.69) is 25.3 Å². The maximum absolute atomic E-state index is 12.7. The molecule has 2 unspecified atom stereocenters. The average molecular weight is 553 g/mol. The Morgan fingerprint density at radius 3 is 2.51 bits per heavy atom. The number of amides is 2. The monoisotopic (exact) mass is 552 g/mol.